The molecule has 0 saturated carbocycles. The lowest BCUT2D eigenvalue weighted by molar-refractivity contribution is -0.140. The van der Waals surface area contributed by atoms with Crippen LogP contribution in [0.4, 0.5) is 0 Å². The number of carbonyl (C=O) groups is 2. The van der Waals surface area contributed by atoms with Crippen molar-refractivity contribution in [3.63, 3.8) is 0 Å². The SMILES string of the molecule is C=CCOc1ccc(C2/C(=C(\O)c3ccc(OC)cc3)C(=O)C(=O)N2CCOC)cc1OCC. The first-order chi connectivity index (χ1) is 16.5. The number of hydrogen-bond donors (Lipinski definition) is 1. The lowest BCUT2D eigenvalue weighted by Gasteiger charge is -2.26. The molecule has 34 heavy (non-hydrogen) atoms. The van der Waals surface area contributed by atoms with Crippen molar-refractivity contribution in [1.29, 1.82) is 0 Å². The smallest absolute Gasteiger partial charge is 0.295 e. The number of aliphatic hydroxyl groups excluding tert-OH is 1. The van der Waals surface area contributed by atoms with Gasteiger partial charge in [-0.05, 0) is 48.9 Å². The summed E-state index contributed by atoms with van der Waals surface area (Å²) >= 11 is 0. The Morgan fingerprint density at radius 1 is 1.09 bits per heavy atom. The number of ether oxygens (including phenoxy) is 4. The van der Waals surface area contributed by atoms with Crippen LogP contribution in [0.1, 0.15) is 24.1 Å². The van der Waals surface area contributed by atoms with Crippen molar-refractivity contribution in [2.24, 2.45) is 0 Å². The molecular weight excluding hydrogens is 438 g/mol. The summed E-state index contributed by atoms with van der Waals surface area (Å²) < 4.78 is 21.7. The van der Waals surface area contributed by atoms with Crippen molar-refractivity contribution in [3.8, 4) is 17.2 Å². The predicted molar refractivity (Wildman–Crippen MR) is 127 cm³/mol. The maximum Gasteiger partial charge on any atom is 0.295 e. The highest BCUT2D eigenvalue weighted by atomic mass is 16.5. The molecule has 0 aromatic heterocycles. The molecule has 1 aliphatic heterocycles. The molecule has 1 aliphatic rings. The van der Waals surface area contributed by atoms with E-state index in [1.54, 1.807) is 48.5 Å². The summed E-state index contributed by atoms with van der Waals surface area (Å²) in [5.74, 6) is -0.166. The summed E-state index contributed by atoms with van der Waals surface area (Å²) in [6, 6.07) is 11.0. The molecule has 0 bridgehead atoms. The van der Waals surface area contributed by atoms with E-state index in [2.05, 4.69) is 6.58 Å². The number of rotatable bonds is 11. The molecule has 0 spiro atoms. The van der Waals surface area contributed by atoms with Gasteiger partial charge in [-0.3, -0.25) is 9.59 Å². The Bertz CT molecular complexity index is 1080. The topological polar surface area (TPSA) is 94.5 Å². The van der Waals surface area contributed by atoms with Crippen molar-refractivity contribution < 1.29 is 33.6 Å². The van der Waals surface area contributed by atoms with E-state index < -0.39 is 17.7 Å². The number of methoxy groups -OCH3 is 2. The Morgan fingerprint density at radius 3 is 2.44 bits per heavy atom. The first-order valence-electron chi connectivity index (χ1n) is 10.9. The van der Waals surface area contributed by atoms with Gasteiger partial charge in [0.05, 0.1) is 31.9 Å². The molecule has 1 atom stereocenters. The molecule has 1 N–H and O–H groups in total. The highest BCUT2D eigenvalue weighted by molar-refractivity contribution is 6.46. The molecule has 1 heterocycles. The number of carbonyl (C=O) groups excluding carboxylic acids is 2. The maximum absolute atomic E-state index is 13.1. The van der Waals surface area contributed by atoms with Gasteiger partial charge in [-0.15, -0.1) is 0 Å². The summed E-state index contributed by atoms with van der Waals surface area (Å²) in [4.78, 5) is 27.4. The molecule has 1 saturated heterocycles. The minimum absolute atomic E-state index is 0.00604. The predicted octanol–water partition coefficient (Wildman–Crippen LogP) is 3.73. The molecule has 0 radical (unpaired) electrons. The molecule has 8 nitrogen and oxygen atoms in total. The van der Waals surface area contributed by atoms with Crippen molar-refractivity contribution in [1.82, 2.24) is 4.90 Å². The van der Waals surface area contributed by atoms with E-state index >= 15 is 0 Å². The Hall–Kier alpha value is -3.78. The first-order valence-corrected chi connectivity index (χ1v) is 10.9. The zero-order valence-corrected chi connectivity index (χ0v) is 19.6. The van der Waals surface area contributed by atoms with E-state index in [1.165, 1.54) is 19.1 Å². The van der Waals surface area contributed by atoms with Crippen LogP contribution in [0, 0.1) is 0 Å². The largest absolute Gasteiger partial charge is 0.507 e. The number of aliphatic hydroxyl groups is 1. The molecule has 0 aliphatic carbocycles. The third-order valence-electron chi connectivity index (χ3n) is 5.38. The molecule has 180 valence electrons. The minimum Gasteiger partial charge on any atom is -0.507 e. The average molecular weight is 468 g/mol. The van der Waals surface area contributed by atoms with Gasteiger partial charge in [-0.2, -0.15) is 0 Å². The molecule has 1 amide bonds. The fraction of sp³-hybridized carbons (Fsp3) is 0.308. The number of Topliss-reactive ketones (excluding diaryl/α,β-unsaturated/α-hetero) is 1. The monoisotopic (exact) mass is 467 g/mol. The Balaban J connectivity index is 2.14. The Labute approximate surface area is 199 Å². The average Bonchev–Trinajstić information content (AvgIpc) is 3.11. The Morgan fingerprint density at radius 2 is 1.82 bits per heavy atom. The van der Waals surface area contributed by atoms with Crippen molar-refractivity contribution in [2.75, 3.05) is 40.6 Å². The zero-order chi connectivity index (χ0) is 24.7. The summed E-state index contributed by atoms with van der Waals surface area (Å²) in [7, 11) is 3.05. The van der Waals surface area contributed by atoms with Crippen LogP contribution in [0.15, 0.2) is 60.7 Å². The lowest BCUT2D eigenvalue weighted by Crippen LogP contribution is -2.32. The zero-order valence-electron chi connectivity index (χ0n) is 19.6. The number of amides is 1. The summed E-state index contributed by atoms with van der Waals surface area (Å²) in [5.41, 5.74) is 0.986. The second kappa shape index (κ2) is 11.4. The highest BCUT2D eigenvalue weighted by Crippen LogP contribution is 2.42. The third kappa shape index (κ3) is 5.07. The second-order valence-corrected chi connectivity index (χ2v) is 7.45. The van der Waals surface area contributed by atoms with Gasteiger partial charge in [-0.25, -0.2) is 0 Å². The molecule has 2 aromatic carbocycles. The van der Waals surface area contributed by atoms with Crippen molar-refractivity contribution >= 4 is 17.4 Å². The molecule has 8 heteroatoms. The molecule has 3 rings (SSSR count). The fourth-order valence-electron chi connectivity index (χ4n) is 3.78. The van der Waals surface area contributed by atoms with Gasteiger partial charge in [0.2, 0.25) is 0 Å². The van der Waals surface area contributed by atoms with E-state index in [9.17, 15) is 14.7 Å². The fourth-order valence-corrected chi connectivity index (χ4v) is 3.78. The van der Waals surface area contributed by atoms with Gasteiger partial charge in [0, 0.05) is 19.2 Å². The number of nitrogens with zero attached hydrogens (tertiary/aromatic N) is 1. The van der Waals surface area contributed by atoms with E-state index in [0.29, 0.717) is 41.6 Å². The maximum atomic E-state index is 13.1. The van der Waals surface area contributed by atoms with E-state index in [0.717, 1.165) is 0 Å². The summed E-state index contributed by atoms with van der Waals surface area (Å²) in [6.07, 6.45) is 1.62. The van der Waals surface area contributed by atoms with Gasteiger partial charge in [0.1, 0.15) is 18.1 Å². The van der Waals surface area contributed by atoms with Gasteiger partial charge in [-0.1, -0.05) is 18.7 Å². The molecule has 1 unspecified atom stereocenters. The number of ketones is 1. The molecule has 2 aromatic rings. The lowest BCUT2D eigenvalue weighted by atomic mass is 9.95. The Kier molecular flexibility index (Phi) is 8.32. The quantitative estimate of drug-likeness (QED) is 0.233. The van der Waals surface area contributed by atoms with Crippen LogP contribution in [0.2, 0.25) is 0 Å². The van der Waals surface area contributed by atoms with Crippen LogP contribution in [0.25, 0.3) is 5.76 Å². The van der Waals surface area contributed by atoms with Gasteiger partial charge in [0.25, 0.3) is 11.7 Å². The minimum atomic E-state index is -0.829. The van der Waals surface area contributed by atoms with Crippen molar-refractivity contribution in [3.05, 3.63) is 71.8 Å². The van der Waals surface area contributed by atoms with Crippen LogP contribution in [-0.2, 0) is 14.3 Å². The highest BCUT2D eigenvalue weighted by Gasteiger charge is 2.46. The number of benzene rings is 2. The third-order valence-corrected chi connectivity index (χ3v) is 5.38. The van der Waals surface area contributed by atoms with Gasteiger partial charge < -0.3 is 29.0 Å². The normalized spacial score (nSPS) is 17.0. The van der Waals surface area contributed by atoms with Crippen LogP contribution in [0.3, 0.4) is 0 Å². The van der Waals surface area contributed by atoms with E-state index in [1.807, 2.05) is 6.92 Å². The van der Waals surface area contributed by atoms with Crippen LogP contribution >= 0.6 is 0 Å². The summed E-state index contributed by atoms with van der Waals surface area (Å²) in [5, 5.41) is 11.1. The molecular formula is C26H29NO7. The van der Waals surface area contributed by atoms with Gasteiger partial charge in [0.15, 0.2) is 11.5 Å². The van der Waals surface area contributed by atoms with E-state index in [4.69, 9.17) is 18.9 Å². The van der Waals surface area contributed by atoms with Gasteiger partial charge >= 0.3 is 0 Å². The van der Waals surface area contributed by atoms with Crippen molar-refractivity contribution in [2.45, 2.75) is 13.0 Å². The number of hydrogen-bond acceptors (Lipinski definition) is 7. The standard InChI is InChI=1S/C26H29NO7/c1-5-14-34-20-12-9-18(16-21(20)33-6-2)23-22(25(29)26(30)27(23)13-15-31-3)24(28)17-7-10-19(32-4)11-8-17/h5,7-12,16,23,28H,1,6,13-15H2,2-4H3/b24-22+. The molecule has 1 fully saturated rings. The first kappa shape index (κ1) is 24.9. The second-order valence-electron chi connectivity index (χ2n) is 7.45. The summed E-state index contributed by atoms with van der Waals surface area (Å²) in [6.45, 7) is 6.59. The van der Waals surface area contributed by atoms with Crippen LogP contribution in [0.5, 0.6) is 17.2 Å². The van der Waals surface area contributed by atoms with Crippen LogP contribution in [-0.4, -0.2) is 62.3 Å². The number of likely N-dealkylation sites (tertiary alicyclic amines) is 1. The van der Waals surface area contributed by atoms with Crippen LogP contribution < -0.4 is 14.2 Å². The van der Waals surface area contributed by atoms with E-state index in [-0.39, 0.29) is 24.5 Å².